The molecule has 3 N–H and O–H groups in total. The van der Waals surface area contributed by atoms with E-state index in [4.69, 9.17) is 26.8 Å². The van der Waals surface area contributed by atoms with Gasteiger partial charge in [-0.15, -0.1) is 0 Å². The number of nitrogens with one attached hydrogen (secondary N) is 1. The maximum atomic E-state index is 13.7. The second kappa shape index (κ2) is 18.9. The number of fused-ring (bicyclic) bond motifs is 2. The Kier molecular flexibility index (Phi) is 12.8. The Labute approximate surface area is 376 Å². The molecule has 4 aromatic heterocycles. The second-order valence-electron chi connectivity index (χ2n) is 15.1. The van der Waals surface area contributed by atoms with Crippen LogP contribution < -0.4 is 30.3 Å². The van der Waals surface area contributed by atoms with Crippen molar-refractivity contribution in [3.63, 3.8) is 0 Å². The van der Waals surface area contributed by atoms with E-state index in [1.54, 1.807) is 30.8 Å². The summed E-state index contributed by atoms with van der Waals surface area (Å²) < 4.78 is 69.3. The summed E-state index contributed by atoms with van der Waals surface area (Å²) in [5, 5.41) is 3.27. The number of halogens is 5. The second-order valence-corrected chi connectivity index (χ2v) is 15.4. The average Bonchev–Trinajstić information content (AvgIpc) is 3.92. The molecule has 0 bridgehead atoms. The van der Waals surface area contributed by atoms with Gasteiger partial charge in [-0.3, -0.25) is 0 Å². The average molecular weight is 905 g/mol. The van der Waals surface area contributed by atoms with Crippen molar-refractivity contribution in [2.75, 3.05) is 48.2 Å². The summed E-state index contributed by atoms with van der Waals surface area (Å²) in [7, 11) is 3.58. The minimum absolute atomic E-state index is 0.0882. The lowest BCUT2D eigenvalue weighted by molar-refractivity contribution is 0.264. The van der Waals surface area contributed by atoms with Crippen LogP contribution in [0.5, 0.6) is 11.5 Å². The first-order chi connectivity index (χ1) is 31.3. The standard InChI is InChI=1S/C23H20F2N6O.C13H10ClF2N3O.C10H11N3/c1-14-11-31(13-27-14)19-5-3-18(4-6-19)28-23-26-10-21-22(29-23)30(2)20(12-32-21)15-7-16(24)9-17(25)8-15;1-19-10(7-2-8(15)4-9(16)3-7)6-20-11-5-17-13(14)18-12(11)19;1-8-6-13(7-12-8)10-4-2-9(11)3-5-10/h3-11,13,20H,12H2,1-2H3,(H,26,28,29);2-5,10H,6H2,1H3;2-7H,11H2,1H3. The molecule has 65 heavy (non-hydrogen) atoms. The van der Waals surface area contributed by atoms with Gasteiger partial charge in [0.1, 0.15) is 36.5 Å². The summed E-state index contributed by atoms with van der Waals surface area (Å²) in [6, 6.07) is 21.6. The summed E-state index contributed by atoms with van der Waals surface area (Å²) in [5.41, 5.74) is 12.2. The molecule has 2 aliphatic heterocycles. The van der Waals surface area contributed by atoms with Crippen LogP contribution in [0, 0.1) is 37.1 Å². The number of nitrogen functional groups attached to an aromatic ring is 1. The zero-order valence-electron chi connectivity index (χ0n) is 35.4. The van der Waals surface area contributed by atoms with Crippen LogP contribution in [0.15, 0.2) is 122 Å². The predicted molar refractivity (Wildman–Crippen MR) is 239 cm³/mol. The molecule has 14 nitrogen and oxygen atoms in total. The van der Waals surface area contributed by atoms with Gasteiger partial charge >= 0.3 is 0 Å². The lowest BCUT2D eigenvalue weighted by Crippen LogP contribution is -2.34. The molecular formula is C46H41ClF4N12O2. The summed E-state index contributed by atoms with van der Waals surface area (Å²) >= 11 is 5.76. The van der Waals surface area contributed by atoms with Crippen LogP contribution in [-0.2, 0) is 0 Å². The van der Waals surface area contributed by atoms with E-state index in [9.17, 15) is 17.6 Å². The van der Waals surface area contributed by atoms with Gasteiger partial charge in [-0.25, -0.2) is 37.5 Å². The molecule has 19 heteroatoms. The number of hydrogen-bond acceptors (Lipinski definition) is 12. The predicted octanol–water partition coefficient (Wildman–Crippen LogP) is 9.30. The lowest BCUT2D eigenvalue weighted by Gasteiger charge is -2.35. The van der Waals surface area contributed by atoms with Crippen LogP contribution in [0.1, 0.15) is 34.6 Å². The monoisotopic (exact) mass is 904 g/mol. The Morgan fingerprint density at radius 3 is 1.52 bits per heavy atom. The molecule has 0 fully saturated rings. The highest BCUT2D eigenvalue weighted by molar-refractivity contribution is 6.28. The van der Waals surface area contributed by atoms with Gasteiger partial charge in [-0.1, -0.05) is 0 Å². The molecule has 6 heterocycles. The maximum absolute atomic E-state index is 13.7. The number of aryl methyl sites for hydroxylation is 2. The number of nitrogens with zero attached hydrogens (tertiary/aromatic N) is 10. The van der Waals surface area contributed by atoms with Crippen molar-refractivity contribution in [2.45, 2.75) is 25.9 Å². The fourth-order valence-corrected chi connectivity index (χ4v) is 7.25. The molecule has 0 saturated carbocycles. The number of ether oxygens (including phenoxy) is 2. The molecule has 0 spiro atoms. The highest BCUT2D eigenvalue weighted by atomic mass is 35.5. The number of nitrogens with two attached hydrogens (primary N) is 1. The van der Waals surface area contributed by atoms with Crippen molar-refractivity contribution in [2.24, 2.45) is 0 Å². The van der Waals surface area contributed by atoms with Gasteiger partial charge in [0.05, 0.1) is 48.5 Å². The van der Waals surface area contributed by atoms with Crippen LogP contribution in [0.3, 0.4) is 0 Å². The molecule has 0 radical (unpaired) electrons. The molecule has 0 aliphatic carbocycles. The first-order valence-corrected chi connectivity index (χ1v) is 20.4. The quantitative estimate of drug-likeness (QED) is 0.0930. The maximum Gasteiger partial charge on any atom is 0.229 e. The van der Waals surface area contributed by atoms with Crippen LogP contribution >= 0.6 is 11.6 Å². The number of hydrogen-bond donors (Lipinski definition) is 2. The van der Waals surface area contributed by atoms with Gasteiger partial charge in [0.15, 0.2) is 23.1 Å². The van der Waals surface area contributed by atoms with Crippen molar-refractivity contribution in [1.29, 1.82) is 0 Å². The van der Waals surface area contributed by atoms with Crippen LogP contribution in [0.25, 0.3) is 11.4 Å². The smallest absolute Gasteiger partial charge is 0.229 e. The van der Waals surface area contributed by atoms with Crippen LogP contribution in [0.2, 0.25) is 5.28 Å². The normalized spacial score (nSPS) is 15.0. The minimum atomic E-state index is -0.626. The number of anilines is 5. The number of likely N-dealkylation sites (N-methyl/N-ethyl adjacent to an activating group) is 2. The molecule has 2 atom stereocenters. The van der Waals surface area contributed by atoms with E-state index in [1.807, 2.05) is 95.9 Å². The summed E-state index contributed by atoms with van der Waals surface area (Å²) in [6.07, 6.45) is 10.6. The highest BCUT2D eigenvalue weighted by Crippen LogP contribution is 2.39. The van der Waals surface area contributed by atoms with Crippen molar-refractivity contribution < 1.29 is 27.0 Å². The Morgan fingerprint density at radius 2 is 1.06 bits per heavy atom. The molecule has 0 saturated heterocycles. The van der Waals surface area contributed by atoms with Crippen molar-refractivity contribution in [1.82, 2.24) is 39.0 Å². The largest absolute Gasteiger partial charge is 0.486 e. The Bertz CT molecular complexity index is 2890. The third kappa shape index (κ3) is 10.4. The third-order valence-corrected chi connectivity index (χ3v) is 10.6. The lowest BCUT2D eigenvalue weighted by atomic mass is 10.0. The van der Waals surface area contributed by atoms with E-state index in [2.05, 4.69) is 35.2 Å². The summed E-state index contributed by atoms with van der Waals surface area (Å²) in [6.45, 7) is 4.39. The number of aromatic nitrogens is 8. The first kappa shape index (κ1) is 43.9. The van der Waals surface area contributed by atoms with Gasteiger partial charge in [-0.2, -0.15) is 9.97 Å². The van der Waals surface area contributed by atoms with Crippen LogP contribution in [-0.4, -0.2) is 66.3 Å². The molecule has 332 valence electrons. The Hall–Kier alpha value is -7.73. The van der Waals surface area contributed by atoms with Gasteiger partial charge in [0, 0.05) is 61.4 Å². The number of imidazole rings is 2. The zero-order valence-corrected chi connectivity index (χ0v) is 36.1. The molecular weight excluding hydrogens is 864 g/mol. The minimum Gasteiger partial charge on any atom is -0.486 e. The van der Waals surface area contributed by atoms with Crippen molar-refractivity contribution in [3.05, 3.63) is 173 Å². The third-order valence-electron chi connectivity index (χ3n) is 10.4. The number of benzene rings is 4. The van der Waals surface area contributed by atoms with E-state index < -0.39 is 23.3 Å². The fourth-order valence-electron chi connectivity index (χ4n) is 7.12. The van der Waals surface area contributed by atoms with E-state index >= 15 is 0 Å². The molecule has 2 unspecified atom stereocenters. The van der Waals surface area contributed by atoms with Gasteiger partial charge in [-0.05, 0) is 109 Å². The molecule has 2 aliphatic rings. The topological polar surface area (TPSA) is 150 Å². The van der Waals surface area contributed by atoms with Crippen molar-refractivity contribution >= 4 is 40.6 Å². The molecule has 8 aromatic rings. The van der Waals surface area contributed by atoms with E-state index in [0.29, 0.717) is 40.2 Å². The van der Waals surface area contributed by atoms with E-state index in [-0.39, 0.29) is 30.6 Å². The zero-order chi connectivity index (χ0) is 45.8. The SMILES string of the molecule is CN1c2nc(Cl)ncc2OCC1c1cc(F)cc(F)c1.Cc1cn(-c2ccc(N)cc2)cn1.Cc1cn(-c2ccc(Nc3ncc4c(n3)N(C)C(c3cc(F)cc(F)c3)CO4)cc2)cn1. The van der Waals surface area contributed by atoms with Crippen molar-refractivity contribution in [3.8, 4) is 22.9 Å². The molecule has 10 rings (SSSR count). The fraction of sp³-hybridized carbons (Fsp3) is 0.174. The van der Waals surface area contributed by atoms with Gasteiger partial charge < -0.3 is 39.5 Å². The summed E-state index contributed by atoms with van der Waals surface area (Å²) in [5.74, 6) is -0.0877. The number of rotatable bonds is 6. The van der Waals surface area contributed by atoms with Gasteiger partial charge in [0.25, 0.3) is 0 Å². The van der Waals surface area contributed by atoms with Gasteiger partial charge in [0.2, 0.25) is 11.2 Å². The first-order valence-electron chi connectivity index (χ1n) is 20.0. The molecule has 0 amide bonds. The van der Waals surface area contributed by atoms with E-state index in [1.165, 1.54) is 30.5 Å². The van der Waals surface area contributed by atoms with Crippen LogP contribution in [0.4, 0.5) is 46.5 Å². The van der Waals surface area contributed by atoms with E-state index in [0.717, 1.165) is 46.3 Å². The summed E-state index contributed by atoms with van der Waals surface area (Å²) in [4.78, 5) is 28.8. The highest BCUT2D eigenvalue weighted by Gasteiger charge is 2.30. The molecule has 4 aromatic carbocycles. The Morgan fingerprint density at radius 1 is 0.615 bits per heavy atom. The Balaban J connectivity index is 0.000000148.